The molecule has 0 aromatic heterocycles. The quantitative estimate of drug-likeness (QED) is 0.263. The highest BCUT2D eigenvalue weighted by molar-refractivity contribution is 4.52. The minimum atomic E-state index is 0.778. The van der Waals surface area contributed by atoms with Crippen LogP contribution >= 0.6 is 0 Å². The fourth-order valence-electron chi connectivity index (χ4n) is 2.81. The highest BCUT2D eigenvalue weighted by Crippen LogP contribution is 2.11. The molecule has 0 aliphatic heterocycles. The molecule has 0 fully saturated rings. The van der Waals surface area contributed by atoms with Crippen molar-refractivity contribution in [1.29, 1.82) is 0 Å². The molecule has 0 saturated heterocycles. The van der Waals surface area contributed by atoms with Crippen molar-refractivity contribution >= 4 is 0 Å². The third-order valence-corrected chi connectivity index (χ3v) is 4.29. The Bertz CT molecular complexity index is 198. The normalized spacial score (nSPS) is 11.5. The molecule has 0 atom stereocenters. The molecule has 0 aliphatic carbocycles. The van der Waals surface area contributed by atoms with Crippen molar-refractivity contribution in [3.05, 3.63) is 0 Å². The van der Waals surface area contributed by atoms with E-state index in [0.29, 0.717) is 0 Å². The average molecular weight is 315 g/mol. The van der Waals surface area contributed by atoms with E-state index in [-0.39, 0.29) is 0 Å². The van der Waals surface area contributed by atoms with Gasteiger partial charge < -0.3 is 10.5 Å². The monoisotopic (exact) mass is 314 g/mol. The van der Waals surface area contributed by atoms with Gasteiger partial charge in [0.2, 0.25) is 0 Å². The van der Waals surface area contributed by atoms with Crippen LogP contribution in [0.1, 0.15) is 96.8 Å². The lowest BCUT2D eigenvalue weighted by molar-refractivity contribution is -0.0654. The molecular formula is C19H42N2O. The molecule has 0 aliphatic rings. The zero-order chi connectivity index (χ0) is 16.3. The molecule has 2 N–H and O–H groups in total. The van der Waals surface area contributed by atoms with Crippen molar-refractivity contribution in [2.24, 2.45) is 0 Å². The third kappa shape index (κ3) is 19.9. The van der Waals surface area contributed by atoms with Gasteiger partial charge >= 0.3 is 0 Å². The summed E-state index contributed by atoms with van der Waals surface area (Å²) in [4.78, 5) is 0. The van der Waals surface area contributed by atoms with Crippen LogP contribution in [-0.4, -0.2) is 37.0 Å². The van der Waals surface area contributed by atoms with E-state index in [2.05, 4.69) is 12.2 Å². The number of nitrogens with zero attached hydrogens (tertiary/aromatic N) is 1. The summed E-state index contributed by atoms with van der Waals surface area (Å²) in [6.45, 7) is 5.31. The van der Waals surface area contributed by atoms with E-state index < -0.39 is 0 Å². The lowest BCUT2D eigenvalue weighted by Gasteiger charge is -2.08. The van der Waals surface area contributed by atoms with Gasteiger partial charge in [-0.2, -0.15) is 5.06 Å². The standard InChI is InChI=1S/C19H42N2O/c1-3-4-5-6-7-8-9-10-11-12-13-14-17-20-18-15-16-19-21(2)22/h20,22H,3-19H2,1-2H3. The molecule has 0 amide bonds. The molecule has 0 heterocycles. The number of rotatable bonds is 18. The predicted molar refractivity (Wildman–Crippen MR) is 97.6 cm³/mol. The number of hydrogen-bond donors (Lipinski definition) is 2. The van der Waals surface area contributed by atoms with E-state index in [4.69, 9.17) is 5.21 Å². The van der Waals surface area contributed by atoms with Crippen molar-refractivity contribution in [3.8, 4) is 0 Å². The van der Waals surface area contributed by atoms with E-state index >= 15 is 0 Å². The minimum absolute atomic E-state index is 0.778. The topological polar surface area (TPSA) is 35.5 Å². The van der Waals surface area contributed by atoms with Crippen molar-refractivity contribution in [2.75, 3.05) is 26.7 Å². The van der Waals surface area contributed by atoms with E-state index in [1.54, 1.807) is 7.05 Å². The zero-order valence-electron chi connectivity index (χ0n) is 15.4. The van der Waals surface area contributed by atoms with Gasteiger partial charge in [-0.25, -0.2) is 0 Å². The molecule has 0 saturated carbocycles. The van der Waals surface area contributed by atoms with Gasteiger partial charge in [0.1, 0.15) is 0 Å². The summed E-state index contributed by atoms with van der Waals surface area (Å²) in [5, 5.41) is 13.8. The van der Waals surface area contributed by atoms with Crippen LogP contribution in [0.15, 0.2) is 0 Å². The van der Waals surface area contributed by atoms with Gasteiger partial charge in [0.15, 0.2) is 0 Å². The summed E-state index contributed by atoms with van der Waals surface area (Å²) < 4.78 is 0. The molecule has 0 spiro atoms. The summed E-state index contributed by atoms with van der Waals surface area (Å²) in [6, 6.07) is 0. The Hall–Kier alpha value is -0.120. The van der Waals surface area contributed by atoms with E-state index in [0.717, 1.165) is 32.5 Å². The van der Waals surface area contributed by atoms with Crippen LogP contribution in [-0.2, 0) is 0 Å². The zero-order valence-corrected chi connectivity index (χ0v) is 15.4. The van der Waals surface area contributed by atoms with Crippen molar-refractivity contribution < 1.29 is 5.21 Å². The Kier molecular flexibility index (Phi) is 18.8. The van der Waals surface area contributed by atoms with Crippen LogP contribution in [0.3, 0.4) is 0 Å². The summed E-state index contributed by atoms with van der Waals surface area (Å²) in [7, 11) is 1.71. The van der Waals surface area contributed by atoms with Crippen molar-refractivity contribution in [1.82, 2.24) is 10.4 Å². The summed E-state index contributed by atoms with van der Waals surface area (Å²) in [5.41, 5.74) is 0. The van der Waals surface area contributed by atoms with E-state index in [1.165, 1.54) is 82.1 Å². The molecule has 0 bridgehead atoms. The van der Waals surface area contributed by atoms with Crippen LogP contribution in [0.4, 0.5) is 0 Å². The Morgan fingerprint density at radius 1 is 0.636 bits per heavy atom. The molecule has 0 rings (SSSR count). The predicted octanol–water partition coefficient (Wildman–Crippen LogP) is 5.38. The van der Waals surface area contributed by atoms with Gasteiger partial charge in [-0.15, -0.1) is 0 Å². The molecule has 3 nitrogen and oxygen atoms in total. The van der Waals surface area contributed by atoms with Crippen LogP contribution in [0.25, 0.3) is 0 Å². The molecule has 22 heavy (non-hydrogen) atoms. The maximum atomic E-state index is 8.99. The maximum Gasteiger partial charge on any atom is 0.0235 e. The van der Waals surface area contributed by atoms with Gasteiger partial charge in [0, 0.05) is 13.6 Å². The number of hydroxylamine groups is 2. The SMILES string of the molecule is CCCCCCCCCCCCCCNCCCCN(C)O. The highest BCUT2D eigenvalue weighted by Gasteiger charge is 1.94. The summed E-state index contributed by atoms with van der Waals surface area (Å²) >= 11 is 0. The molecule has 0 aromatic carbocycles. The van der Waals surface area contributed by atoms with E-state index in [9.17, 15) is 0 Å². The lowest BCUT2D eigenvalue weighted by atomic mass is 10.1. The molecule has 0 radical (unpaired) electrons. The van der Waals surface area contributed by atoms with Crippen LogP contribution in [0.5, 0.6) is 0 Å². The Morgan fingerprint density at radius 3 is 1.50 bits per heavy atom. The average Bonchev–Trinajstić information content (AvgIpc) is 2.50. The smallest absolute Gasteiger partial charge is 0.0235 e. The lowest BCUT2D eigenvalue weighted by Crippen LogP contribution is -2.19. The van der Waals surface area contributed by atoms with Crippen LogP contribution in [0.2, 0.25) is 0 Å². The van der Waals surface area contributed by atoms with E-state index in [1.807, 2.05) is 0 Å². The fraction of sp³-hybridized carbons (Fsp3) is 1.00. The summed E-state index contributed by atoms with van der Waals surface area (Å²) in [6.07, 6.45) is 19.2. The fourth-order valence-corrected chi connectivity index (χ4v) is 2.81. The first-order chi connectivity index (χ1) is 10.8. The number of unbranched alkanes of at least 4 members (excludes halogenated alkanes) is 12. The second kappa shape index (κ2) is 18.9. The van der Waals surface area contributed by atoms with Crippen LogP contribution < -0.4 is 5.32 Å². The first-order valence-corrected chi connectivity index (χ1v) is 9.88. The largest absolute Gasteiger partial charge is 0.317 e. The van der Waals surface area contributed by atoms with Gasteiger partial charge in [-0.05, 0) is 32.4 Å². The van der Waals surface area contributed by atoms with Crippen molar-refractivity contribution in [2.45, 2.75) is 96.8 Å². The van der Waals surface area contributed by atoms with Crippen LogP contribution in [0, 0.1) is 0 Å². The molecule has 3 heteroatoms. The molecular weight excluding hydrogens is 272 g/mol. The Balaban J connectivity index is 2.94. The highest BCUT2D eigenvalue weighted by atomic mass is 16.5. The Labute approximate surface area is 139 Å². The first kappa shape index (κ1) is 21.9. The van der Waals surface area contributed by atoms with Crippen molar-refractivity contribution in [3.63, 3.8) is 0 Å². The maximum absolute atomic E-state index is 8.99. The minimum Gasteiger partial charge on any atom is -0.317 e. The third-order valence-electron chi connectivity index (χ3n) is 4.29. The number of hydrogen-bond acceptors (Lipinski definition) is 3. The summed E-state index contributed by atoms with van der Waals surface area (Å²) in [5.74, 6) is 0. The number of nitrogens with one attached hydrogen (secondary N) is 1. The molecule has 0 unspecified atom stereocenters. The van der Waals surface area contributed by atoms with Gasteiger partial charge in [0.25, 0.3) is 0 Å². The molecule has 0 aromatic rings. The van der Waals surface area contributed by atoms with Gasteiger partial charge in [0.05, 0.1) is 0 Å². The second-order valence-corrected chi connectivity index (χ2v) is 6.73. The van der Waals surface area contributed by atoms with Gasteiger partial charge in [-0.3, -0.25) is 0 Å². The second-order valence-electron chi connectivity index (χ2n) is 6.73. The van der Waals surface area contributed by atoms with Gasteiger partial charge in [-0.1, -0.05) is 77.6 Å². The Morgan fingerprint density at radius 2 is 1.05 bits per heavy atom. The first-order valence-electron chi connectivity index (χ1n) is 9.88. The molecule has 134 valence electrons.